The molecular formula is C15H19BrN2S. The van der Waals surface area contributed by atoms with E-state index in [1.807, 2.05) is 18.4 Å². The smallest absolute Gasteiger partial charge is 0.0328 e. The molecule has 19 heavy (non-hydrogen) atoms. The first-order valence-electron chi connectivity index (χ1n) is 6.32. The van der Waals surface area contributed by atoms with E-state index in [1.165, 1.54) is 15.3 Å². The van der Waals surface area contributed by atoms with Gasteiger partial charge in [0, 0.05) is 33.9 Å². The normalized spacial score (nSPS) is 11.2. The topological polar surface area (TPSA) is 15.3 Å². The molecule has 0 saturated carbocycles. The quantitative estimate of drug-likeness (QED) is 0.860. The lowest BCUT2D eigenvalue weighted by molar-refractivity contribution is 0.322. The van der Waals surface area contributed by atoms with Gasteiger partial charge in [-0.3, -0.25) is 4.90 Å². The highest BCUT2D eigenvalue weighted by Gasteiger charge is 2.04. The van der Waals surface area contributed by atoms with Crippen molar-refractivity contribution in [3.63, 3.8) is 0 Å². The Morgan fingerprint density at radius 1 is 1.05 bits per heavy atom. The van der Waals surface area contributed by atoms with E-state index < -0.39 is 0 Å². The van der Waals surface area contributed by atoms with Gasteiger partial charge in [-0.1, -0.05) is 28.1 Å². The highest BCUT2D eigenvalue weighted by Crippen LogP contribution is 2.19. The molecule has 0 fully saturated rings. The number of nitrogens with one attached hydrogen (secondary N) is 1. The third kappa shape index (κ3) is 4.73. The van der Waals surface area contributed by atoms with Gasteiger partial charge in [0.05, 0.1) is 0 Å². The number of hydrogen-bond donors (Lipinski definition) is 1. The summed E-state index contributed by atoms with van der Waals surface area (Å²) < 4.78 is 1.13. The Labute approximate surface area is 127 Å². The summed E-state index contributed by atoms with van der Waals surface area (Å²) in [6, 6.07) is 13.0. The number of nitrogens with zero attached hydrogens (tertiary/aromatic N) is 1. The molecule has 2 aromatic rings. The molecule has 4 heteroatoms. The van der Waals surface area contributed by atoms with E-state index in [9.17, 15) is 0 Å². The summed E-state index contributed by atoms with van der Waals surface area (Å²) >= 11 is 5.35. The second kappa shape index (κ2) is 7.20. The highest BCUT2D eigenvalue weighted by atomic mass is 79.9. The van der Waals surface area contributed by atoms with Gasteiger partial charge in [-0.2, -0.15) is 0 Å². The molecule has 0 amide bonds. The highest BCUT2D eigenvalue weighted by molar-refractivity contribution is 9.10. The molecule has 1 N–H and O–H groups in total. The molecule has 0 saturated heterocycles. The molecular weight excluding hydrogens is 320 g/mol. The second-order valence-corrected chi connectivity index (χ2v) is 6.87. The molecule has 1 aromatic carbocycles. The second-order valence-electron chi connectivity index (χ2n) is 4.70. The van der Waals surface area contributed by atoms with Gasteiger partial charge < -0.3 is 5.32 Å². The van der Waals surface area contributed by atoms with Crippen molar-refractivity contribution >= 4 is 27.3 Å². The lowest BCUT2D eigenvalue weighted by Gasteiger charge is -2.15. The third-order valence-corrected chi connectivity index (χ3v) is 4.46. The van der Waals surface area contributed by atoms with Crippen LogP contribution in [0.4, 0.5) is 0 Å². The SMILES string of the molecule is CNCc1ccc(CN(C)Cc2ccc(Br)cc2)s1. The number of hydrogen-bond acceptors (Lipinski definition) is 3. The average Bonchev–Trinajstić information content (AvgIpc) is 2.80. The molecule has 1 heterocycles. The minimum absolute atomic E-state index is 0.959. The molecule has 102 valence electrons. The first-order valence-corrected chi connectivity index (χ1v) is 7.93. The van der Waals surface area contributed by atoms with Gasteiger partial charge in [0.15, 0.2) is 0 Å². The average molecular weight is 339 g/mol. The summed E-state index contributed by atoms with van der Waals surface area (Å²) in [6.45, 7) is 2.94. The van der Waals surface area contributed by atoms with E-state index in [0.717, 1.165) is 24.1 Å². The van der Waals surface area contributed by atoms with Gasteiger partial charge in [0.1, 0.15) is 0 Å². The molecule has 0 radical (unpaired) electrons. The van der Waals surface area contributed by atoms with Crippen molar-refractivity contribution in [1.29, 1.82) is 0 Å². The summed E-state index contributed by atoms with van der Waals surface area (Å²) in [5.41, 5.74) is 1.35. The van der Waals surface area contributed by atoms with E-state index >= 15 is 0 Å². The number of benzene rings is 1. The molecule has 1 aromatic heterocycles. The van der Waals surface area contributed by atoms with Crippen molar-refractivity contribution in [2.75, 3.05) is 14.1 Å². The predicted molar refractivity (Wildman–Crippen MR) is 86.4 cm³/mol. The maximum Gasteiger partial charge on any atom is 0.0328 e. The van der Waals surface area contributed by atoms with Crippen molar-refractivity contribution < 1.29 is 0 Å². The van der Waals surface area contributed by atoms with Crippen molar-refractivity contribution in [2.24, 2.45) is 0 Å². The Kier molecular flexibility index (Phi) is 5.58. The van der Waals surface area contributed by atoms with E-state index in [-0.39, 0.29) is 0 Å². The third-order valence-electron chi connectivity index (χ3n) is 2.86. The van der Waals surface area contributed by atoms with E-state index in [0.29, 0.717) is 0 Å². The minimum atomic E-state index is 0.959. The van der Waals surface area contributed by atoms with Crippen LogP contribution in [-0.4, -0.2) is 19.0 Å². The summed E-state index contributed by atoms with van der Waals surface area (Å²) in [7, 11) is 4.15. The monoisotopic (exact) mass is 338 g/mol. The molecule has 0 atom stereocenters. The number of rotatable bonds is 6. The fraction of sp³-hybridized carbons (Fsp3) is 0.333. The van der Waals surface area contributed by atoms with E-state index in [2.05, 4.69) is 69.6 Å². The molecule has 0 spiro atoms. The molecule has 0 bridgehead atoms. The number of thiophene rings is 1. The fourth-order valence-electron chi connectivity index (χ4n) is 2.00. The van der Waals surface area contributed by atoms with Crippen molar-refractivity contribution in [3.8, 4) is 0 Å². The molecule has 2 rings (SSSR count). The van der Waals surface area contributed by atoms with Crippen LogP contribution in [0.25, 0.3) is 0 Å². The summed E-state index contributed by atoms with van der Waals surface area (Å²) in [6.07, 6.45) is 0. The maximum atomic E-state index is 3.47. The zero-order chi connectivity index (χ0) is 13.7. The predicted octanol–water partition coefficient (Wildman–Crippen LogP) is 3.86. The Hall–Kier alpha value is -0.680. The Morgan fingerprint density at radius 3 is 2.42 bits per heavy atom. The Bertz CT molecular complexity index is 507. The largest absolute Gasteiger partial charge is 0.315 e. The Balaban J connectivity index is 1.89. The molecule has 0 unspecified atom stereocenters. The van der Waals surface area contributed by atoms with Crippen LogP contribution in [0.15, 0.2) is 40.9 Å². The van der Waals surface area contributed by atoms with Crippen LogP contribution >= 0.6 is 27.3 Å². The van der Waals surface area contributed by atoms with Gasteiger partial charge in [-0.15, -0.1) is 11.3 Å². The van der Waals surface area contributed by atoms with Gasteiger partial charge in [-0.25, -0.2) is 0 Å². The minimum Gasteiger partial charge on any atom is -0.315 e. The van der Waals surface area contributed by atoms with Crippen molar-refractivity contribution in [3.05, 3.63) is 56.2 Å². The molecule has 0 aliphatic heterocycles. The first kappa shape index (κ1) is 14.7. The van der Waals surface area contributed by atoms with Crippen LogP contribution in [0.3, 0.4) is 0 Å². The lowest BCUT2D eigenvalue weighted by Crippen LogP contribution is -2.16. The van der Waals surface area contributed by atoms with Crippen molar-refractivity contribution in [2.45, 2.75) is 19.6 Å². The lowest BCUT2D eigenvalue weighted by atomic mass is 10.2. The van der Waals surface area contributed by atoms with Crippen LogP contribution in [0.2, 0.25) is 0 Å². The van der Waals surface area contributed by atoms with Crippen LogP contribution in [0, 0.1) is 0 Å². The van der Waals surface area contributed by atoms with Crippen molar-refractivity contribution in [1.82, 2.24) is 10.2 Å². The molecule has 0 aliphatic rings. The van der Waals surface area contributed by atoms with Crippen LogP contribution in [0.1, 0.15) is 15.3 Å². The standard InChI is InChI=1S/C15H19BrN2S/c1-17-9-14-7-8-15(19-14)11-18(2)10-12-3-5-13(16)6-4-12/h3-8,17H,9-11H2,1-2H3. The van der Waals surface area contributed by atoms with Gasteiger partial charge in [-0.05, 0) is 43.9 Å². The molecule has 0 aliphatic carbocycles. The first-order chi connectivity index (χ1) is 9.17. The van der Waals surface area contributed by atoms with Crippen LogP contribution < -0.4 is 5.32 Å². The number of halogens is 1. The zero-order valence-corrected chi connectivity index (χ0v) is 13.7. The summed E-state index contributed by atoms with van der Waals surface area (Å²) in [5, 5.41) is 3.19. The Morgan fingerprint density at radius 2 is 1.74 bits per heavy atom. The maximum absolute atomic E-state index is 3.47. The summed E-state index contributed by atoms with van der Waals surface area (Å²) in [4.78, 5) is 5.16. The zero-order valence-electron chi connectivity index (χ0n) is 11.3. The molecule has 2 nitrogen and oxygen atoms in total. The van der Waals surface area contributed by atoms with Crippen LogP contribution in [-0.2, 0) is 19.6 Å². The van der Waals surface area contributed by atoms with Gasteiger partial charge >= 0.3 is 0 Å². The van der Waals surface area contributed by atoms with Gasteiger partial charge in [0.2, 0.25) is 0 Å². The van der Waals surface area contributed by atoms with Gasteiger partial charge in [0.25, 0.3) is 0 Å². The summed E-state index contributed by atoms with van der Waals surface area (Å²) in [5.74, 6) is 0. The van der Waals surface area contributed by atoms with E-state index in [4.69, 9.17) is 0 Å². The van der Waals surface area contributed by atoms with E-state index in [1.54, 1.807) is 0 Å². The fourth-order valence-corrected chi connectivity index (χ4v) is 3.37. The van der Waals surface area contributed by atoms with Crippen LogP contribution in [0.5, 0.6) is 0 Å².